The van der Waals surface area contributed by atoms with Gasteiger partial charge in [-0.1, -0.05) is 18.5 Å². The Labute approximate surface area is 134 Å². The third-order valence-electron chi connectivity index (χ3n) is 4.55. The van der Waals surface area contributed by atoms with Crippen LogP contribution in [-0.2, 0) is 16.5 Å². The highest BCUT2D eigenvalue weighted by molar-refractivity contribution is 6.32. The van der Waals surface area contributed by atoms with Crippen LogP contribution in [0.4, 0.5) is 5.69 Å². The van der Waals surface area contributed by atoms with Gasteiger partial charge in [-0.05, 0) is 18.8 Å². The first-order valence-corrected chi connectivity index (χ1v) is 8.14. The largest absolute Gasteiger partial charge is 0.380 e. The summed E-state index contributed by atoms with van der Waals surface area (Å²) in [4.78, 5) is 11.7. The summed E-state index contributed by atoms with van der Waals surface area (Å²) in [5.41, 5.74) is 0.222. The van der Waals surface area contributed by atoms with Crippen molar-refractivity contribution in [3.05, 3.63) is 21.6 Å². The van der Waals surface area contributed by atoms with Gasteiger partial charge in [-0.25, -0.2) is 4.68 Å². The van der Waals surface area contributed by atoms with Gasteiger partial charge in [0.05, 0.1) is 18.5 Å². The number of rotatable bonds is 3. The fourth-order valence-electron chi connectivity index (χ4n) is 3.04. The van der Waals surface area contributed by atoms with Gasteiger partial charge in [-0.3, -0.25) is 4.79 Å². The van der Waals surface area contributed by atoms with E-state index < -0.39 is 5.79 Å². The van der Waals surface area contributed by atoms with E-state index in [0.717, 1.165) is 31.6 Å². The first kappa shape index (κ1) is 15.8. The molecule has 1 saturated carbocycles. The zero-order valence-corrected chi connectivity index (χ0v) is 13.7. The molecule has 2 fully saturated rings. The lowest BCUT2D eigenvalue weighted by Crippen LogP contribution is -2.36. The van der Waals surface area contributed by atoms with Gasteiger partial charge in [-0.2, -0.15) is 5.10 Å². The Balaban J connectivity index is 1.57. The van der Waals surface area contributed by atoms with E-state index in [1.807, 2.05) is 0 Å². The van der Waals surface area contributed by atoms with E-state index in [0.29, 0.717) is 18.8 Å². The summed E-state index contributed by atoms with van der Waals surface area (Å²) >= 11 is 6.03. The van der Waals surface area contributed by atoms with Gasteiger partial charge in [0.2, 0.25) is 0 Å². The van der Waals surface area contributed by atoms with Crippen LogP contribution in [0, 0.1) is 5.92 Å². The average molecular weight is 328 g/mol. The zero-order chi connectivity index (χ0) is 15.7. The Bertz CT molecular complexity index is 596. The third-order valence-corrected chi connectivity index (χ3v) is 4.91. The van der Waals surface area contributed by atoms with E-state index in [-0.39, 0.29) is 16.7 Å². The standard InChI is InChI=1S/C15H22ClN3O3/c1-10-3-5-15(6-4-10)21-9-11(22-15)7-17-12-8-18-19(2)14(20)13(12)16/h8,10-11,17H,3-7,9H2,1-2H3/t10?,11-,15?/m0/s1. The predicted octanol–water partition coefficient (Wildman–Crippen LogP) is 2.17. The van der Waals surface area contributed by atoms with Crippen molar-refractivity contribution in [2.45, 2.75) is 44.5 Å². The van der Waals surface area contributed by atoms with E-state index in [9.17, 15) is 4.79 Å². The molecule has 0 radical (unpaired) electrons. The van der Waals surface area contributed by atoms with Gasteiger partial charge in [0.15, 0.2) is 5.79 Å². The Morgan fingerprint density at radius 2 is 2.23 bits per heavy atom. The lowest BCUT2D eigenvalue weighted by Gasteiger charge is -2.34. The summed E-state index contributed by atoms with van der Waals surface area (Å²) in [5, 5.41) is 7.25. The van der Waals surface area contributed by atoms with E-state index in [2.05, 4.69) is 17.3 Å². The topological polar surface area (TPSA) is 65.4 Å². The summed E-state index contributed by atoms with van der Waals surface area (Å²) in [7, 11) is 1.57. The van der Waals surface area contributed by atoms with Crippen molar-refractivity contribution >= 4 is 17.3 Å². The van der Waals surface area contributed by atoms with E-state index in [4.69, 9.17) is 21.1 Å². The number of ether oxygens (including phenoxy) is 2. The summed E-state index contributed by atoms with van der Waals surface area (Å²) in [6, 6.07) is 0. The van der Waals surface area contributed by atoms with Crippen LogP contribution < -0.4 is 10.9 Å². The molecule has 0 bridgehead atoms. The normalized spacial score (nSPS) is 31.6. The van der Waals surface area contributed by atoms with Gasteiger partial charge in [-0.15, -0.1) is 0 Å². The number of hydrogen-bond donors (Lipinski definition) is 1. The molecule has 2 heterocycles. The molecule has 1 spiro atoms. The minimum absolute atomic E-state index is 0.0338. The molecule has 1 aliphatic carbocycles. The van der Waals surface area contributed by atoms with Crippen molar-refractivity contribution < 1.29 is 9.47 Å². The fourth-order valence-corrected chi connectivity index (χ4v) is 3.28. The minimum Gasteiger partial charge on any atom is -0.380 e. The van der Waals surface area contributed by atoms with Gasteiger partial charge >= 0.3 is 0 Å². The van der Waals surface area contributed by atoms with Crippen LogP contribution in [0.3, 0.4) is 0 Å². The molecular weight excluding hydrogens is 306 g/mol. The number of aromatic nitrogens is 2. The number of nitrogens with zero attached hydrogens (tertiary/aromatic N) is 2. The molecule has 0 aromatic carbocycles. The SMILES string of the molecule is CC1CCC2(CC1)OC[C@H](CNc1cnn(C)c(=O)c1Cl)O2. The Kier molecular flexibility index (Phi) is 4.43. The maximum atomic E-state index is 11.7. The quantitative estimate of drug-likeness (QED) is 0.921. The molecule has 3 rings (SSSR count). The molecule has 1 aromatic heterocycles. The molecule has 1 atom stereocenters. The van der Waals surface area contributed by atoms with Crippen LogP contribution in [0.2, 0.25) is 5.02 Å². The molecular formula is C15H22ClN3O3. The van der Waals surface area contributed by atoms with Gasteiger partial charge in [0, 0.05) is 26.4 Å². The Morgan fingerprint density at radius 1 is 1.50 bits per heavy atom. The van der Waals surface area contributed by atoms with Crippen LogP contribution in [0.15, 0.2) is 11.0 Å². The maximum absolute atomic E-state index is 11.7. The van der Waals surface area contributed by atoms with Crippen molar-refractivity contribution in [2.75, 3.05) is 18.5 Å². The highest BCUT2D eigenvalue weighted by Crippen LogP contribution is 2.39. The highest BCUT2D eigenvalue weighted by Gasteiger charge is 2.43. The fraction of sp³-hybridized carbons (Fsp3) is 0.733. The Hall–Kier alpha value is -1.11. The molecule has 1 saturated heterocycles. The van der Waals surface area contributed by atoms with Crippen LogP contribution in [0.5, 0.6) is 0 Å². The van der Waals surface area contributed by atoms with Crippen molar-refractivity contribution in [3.8, 4) is 0 Å². The molecule has 7 heteroatoms. The smallest absolute Gasteiger partial charge is 0.287 e. The molecule has 6 nitrogen and oxygen atoms in total. The second-order valence-electron chi connectivity index (χ2n) is 6.33. The molecule has 0 amide bonds. The summed E-state index contributed by atoms with van der Waals surface area (Å²) in [6.45, 7) is 3.38. The van der Waals surface area contributed by atoms with Crippen molar-refractivity contribution in [1.82, 2.24) is 9.78 Å². The van der Waals surface area contributed by atoms with Crippen LogP contribution >= 0.6 is 11.6 Å². The van der Waals surface area contributed by atoms with Crippen molar-refractivity contribution in [3.63, 3.8) is 0 Å². The molecule has 1 aliphatic heterocycles. The predicted molar refractivity (Wildman–Crippen MR) is 84.2 cm³/mol. The summed E-state index contributed by atoms with van der Waals surface area (Å²) in [6.07, 6.45) is 5.72. The lowest BCUT2D eigenvalue weighted by atomic mass is 9.86. The molecule has 0 unspecified atom stereocenters. The first-order chi connectivity index (χ1) is 10.5. The van der Waals surface area contributed by atoms with Crippen molar-refractivity contribution in [2.24, 2.45) is 13.0 Å². The van der Waals surface area contributed by atoms with Gasteiger partial charge in [0.1, 0.15) is 11.1 Å². The number of nitrogens with one attached hydrogen (secondary N) is 1. The lowest BCUT2D eigenvalue weighted by molar-refractivity contribution is -0.190. The second kappa shape index (κ2) is 6.18. The molecule has 22 heavy (non-hydrogen) atoms. The minimum atomic E-state index is -0.395. The van der Waals surface area contributed by atoms with Gasteiger partial charge in [0.25, 0.3) is 5.56 Å². The second-order valence-corrected chi connectivity index (χ2v) is 6.70. The molecule has 122 valence electrons. The molecule has 1 aromatic rings. The monoisotopic (exact) mass is 327 g/mol. The first-order valence-electron chi connectivity index (χ1n) is 7.76. The number of hydrogen-bond acceptors (Lipinski definition) is 5. The molecule has 2 aliphatic rings. The summed E-state index contributed by atoms with van der Waals surface area (Å²) < 4.78 is 13.3. The van der Waals surface area contributed by atoms with Crippen LogP contribution in [0.1, 0.15) is 32.6 Å². The third kappa shape index (κ3) is 3.14. The van der Waals surface area contributed by atoms with E-state index in [1.165, 1.54) is 4.68 Å². The van der Waals surface area contributed by atoms with Crippen LogP contribution in [-0.4, -0.2) is 34.8 Å². The molecule has 1 N–H and O–H groups in total. The summed E-state index contributed by atoms with van der Waals surface area (Å²) in [5.74, 6) is 0.355. The van der Waals surface area contributed by atoms with Crippen LogP contribution in [0.25, 0.3) is 0 Å². The van der Waals surface area contributed by atoms with Crippen molar-refractivity contribution in [1.29, 1.82) is 0 Å². The van der Waals surface area contributed by atoms with Gasteiger partial charge < -0.3 is 14.8 Å². The zero-order valence-electron chi connectivity index (χ0n) is 13.0. The highest BCUT2D eigenvalue weighted by atomic mass is 35.5. The number of anilines is 1. The Morgan fingerprint density at radius 3 is 2.95 bits per heavy atom. The maximum Gasteiger partial charge on any atom is 0.287 e. The van der Waals surface area contributed by atoms with E-state index in [1.54, 1.807) is 13.2 Å². The number of aryl methyl sites for hydroxylation is 1. The average Bonchev–Trinajstić information content (AvgIpc) is 2.91. The van der Waals surface area contributed by atoms with E-state index >= 15 is 0 Å². The number of halogens is 1.